The lowest BCUT2D eigenvalue weighted by molar-refractivity contribution is -0.134. The number of carbonyl (C=O) groups is 2. The maximum atomic E-state index is 14.9. The van der Waals surface area contributed by atoms with Gasteiger partial charge in [-0.25, -0.2) is 4.39 Å². The number of hydrogen-bond donors (Lipinski definition) is 0. The number of rotatable bonds is 6. The Bertz CT molecular complexity index is 1450. The Morgan fingerprint density at radius 2 is 1.50 bits per heavy atom. The maximum absolute atomic E-state index is 14.9. The molecule has 0 spiro atoms. The average molecular weight is 532 g/mol. The molecule has 1 fully saturated rings. The Morgan fingerprint density at radius 3 is 2.18 bits per heavy atom. The molecule has 0 bridgehead atoms. The van der Waals surface area contributed by atoms with Crippen molar-refractivity contribution in [3.8, 4) is 22.7 Å². The fourth-order valence-corrected chi connectivity index (χ4v) is 4.81. The predicted molar refractivity (Wildman–Crippen MR) is 145 cm³/mol. The highest BCUT2D eigenvalue weighted by atomic mass is 35.5. The highest BCUT2D eigenvalue weighted by Gasteiger charge is 2.28. The van der Waals surface area contributed by atoms with Crippen molar-refractivity contribution in [3.63, 3.8) is 0 Å². The van der Waals surface area contributed by atoms with Gasteiger partial charge in [-0.15, -0.1) is 0 Å². The second-order valence-electron chi connectivity index (χ2n) is 9.10. The number of carbonyl (C=O) groups excluding carboxylic acids is 2. The van der Waals surface area contributed by atoms with Gasteiger partial charge < -0.3 is 19.1 Å². The van der Waals surface area contributed by atoms with E-state index in [0.717, 1.165) is 5.56 Å². The van der Waals surface area contributed by atoms with Crippen LogP contribution in [0, 0.1) is 12.7 Å². The van der Waals surface area contributed by atoms with Gasteiger partial charge in [0.2, 0.25) is 0 Å². The lowest BCUT2D eigenvalue weighted by atomic mass is 10.1. The lowest BCUT2D eigenvalue weighted by Crippen LogP contribution is -2.51. The van der Waals surface area contributed by atoms with Crippen LogP contribution in [0.15, 0.2) is 84.9 Å². The Balaban J connectivity index is 1.35. The summed E-state index contributed by atoms with van der Waals surface area (Å²) in [5.74, 6) is -0.0143. The van der Waals surface area contributed by atoms with Crippen molar-refractivity contribution in [2.24, 2.45) is 0 Å². The molecule has 0 unspecified atom stereocenters. The summed E-state index contributed by atoms with van der Waals surface area (Å²) in [4.78, 5) is 29.7. The Hall–Kier alpha value is -4.10. The van der Waals surface area contributed by atoms with Crippen molar-refractivity contribution in [2.45, 2.75) is 6.92 Å². The summed E-state index contributed by atoms with van der Waals surface area (Å²) in [5, 5.41) is 0.590. The van der Waals surface area contributed by atoms with Crippen LogP contribution in [-0.2, 0) is 4.79 Å². The first-order valence-electron chi connectivity index (χ1n) is 12.4. The van der Waals surface area contributed by atoms with E-state index in [1.54, 1.807) is 62.9 Å². The average Bonchev–Trinajstić information content (AvgIpc) is 3.29. The highest BCUT2D eigenvalue weighted by molar-refractivity contribution is 6.30. The zero-order valence-corrected chi connectivity index (χ0v) is 21.7. The number of benzene rings is 3. The molecule has 0 aliphatic carbocycles. The summed E-state index contributed by atoms with van der Waals surface area (Å²) in [6, 6.07) is 24.7. The van der Waals surface area contributed by atoms with E-state index in [2.05, 4.69) is 0 Å². The van der Waals surface area contributed by atoms with Gasteiger partial charge in [-0.2, -0.15) is 0 Å². The summed E-state index contributed by atoms with van der Waals surface area (Å²) < 4.78 is 22.2. The van der Waals surface area contributed by atoms with E-state index in [1.165, 1.54) is 6.07 Å². The fraction of sp³-hybridized carbons (Fsp3) is 0.200. The molecule has 1 aliphatic rings. The van der Waals surface area contributed by atoms with E-state index < -0.39 is 0 Å². The molecule has 5 rings (SSSR count). The number of halogens is 2. The first-order chi connectivity index (χ1) is 18.4. The summed E-state index contributed by atoms with van der Waals surface area (Å²) >= 11 is 6.09. The summed E-state index contributed by atoms with van der Waals surface area (Å²) in [5.41, 5.74) is 3.00. The number of aromatic nitrogens is 1. The first kappa shape index (κ1) is 25.5. The van der Waals surface area contributed by atoms with Gasteiger partial charge in [0.25, 0.3) is 11.8 Å². The zero-order valence-electron chi connectivity index (χ0n) is 20.9. The van der Waals surface area contributed by atoms with E-state index in [1.807, 2.05) is 37.3 Å². The van der Waals surface area contributed by atoms with E-state index in [4.69, 9.17) is 16.3 Å². The second-order valence-corrected chi connectivity index (χ2v) is 9.53. The highest BCUT2D eigenvalue weighted by Crippen LogP contribution is 2.32. The van der Waals surface area contributed by atoms with Crippen LogP contribution in [0.25, 0.3) is 16.9 Å². The molecule has 4 aromatic rings. The quantitative estimate of drug-likeness (QED) is 0.325. The summed E-state index contributed by atoms with van der Waals surface area (Å²) in [6.45, 7) is 3.40. The van der Waals surface area contributed by atoms with Crippen LogP contribution in [0.1, 0.15) is 16.1 Å². The van der Waals surface area contributed by atoms with Crippen LogP contribution >= 0.6 is 11.6 Å². The molecule has 6 nitrogen and oxygen atoms in total. The first-order valence-corrected chi connectivity index (χ1v) is 12.8. The fourth-order valence-electron chi connectivity index (χ4n) is 4.68. The van der Waals surface area contributed by atoms with Crippen LogP contribution < -0.4 is 4.74 Å². The van der Waals surface area contributed by atoms with Crippen LogP contribution in [0.3, 0.4) is 0 Å². The van der Waals surface area contributed by atoms with Gasteiger partial charge >= 0.3 is 0 Å². The molecule has 1 saturated heterocycles. The molecule has 0 radical (unpaired) electrons. The van der Waals surface area contributed by atoms with Gasteiger partial charge in [0.1, 0.15) is 11.6 Å². The van der Waals surface area contributed by atoms with E-state index >= 15 is 0 Å². The van der Waals surface area contributed by atoms with Crippen LogP contribution in [0.4, 0.5) is 4.39 Å². The number of nitrogens with zero attached hydrogens (tertiary/aromatic N) is 3. The number of amides is 2. The van der Waals surface area contributed by atoms with Gasteiger partial charge in [0.05, 0.1) is 16.9 Å². The number of hydrogen-bond acceptors (Lipinski definition) is 3. The van der Waals surface area contributed by atoms with Crippen LogP contribution in [-0.4, -0.2) is 59.0 Å². The van der Waals surface area contributed by atoms with Gasteiger partial charge in [0, 0.05) is 36.9 Å². The SMILES string of the molecule is Cc1c(C(=O)N2CCN(C(=O)COc3ccccc3)CC2)cc(-c2ccc(Cl)cc2)n1-c1ccccc1F. The predicted octanol–water partition coefficient (Wildman–Crippen LogP) is 5.61. The standard InChI is InChI=1S/C30H27ClFN3O3/c1-21-25(19-28(22-11-13-23(31)14-12-22)35(21)27-10-6-5-9-26(27)32)30(37)34-17-15-33(16-18-34)29(36)20-38-24-7-3-2-4-8-24/h2-14,19H,15-18,20H2,1H3. The molecule has 0 N–H and O–H groups in total. The topological polar surface area (TPSA) is 54.8 Å². The minimum atomic E-state index is -0.384. The Morgan fingerprint density at radius 1 is 0.868 bits per heavy atom. The van der Waals surface area contributed by atoms with E-state index in [-0.39, 0.29) is 24.2 Å². The zero-order chi connectivity index (χ0) is 26.6. The van der Waals surface area contributed by atoms with Crippen molar-refractivity contribution in [2.75, 3.05) is 32.8 Å². The number of para-hydroxylation sites is 2. The minimum absolute atomic E-state index is 0.0486. The Kier molecular flexibility index (Phi) is 7.47. The van der Waals surface area contributed by atoms with Gasteiger partial charge in [-0.3, -0.25) is 9.59 Å². The molecule has 1 aliphatic heterocycles. The monoisotopic (exact) mass is 531 g/mol. The third-order valence-electron chi connectivity index (χ3n) is 6.74. The van der Waals surface area contributed by atoms with Crippen molar-refractivity contribution in [1.29, 1.82) is 0 Å². The van der Waals surface area contributed by atoms with E-state index in [9.17, 15) is 14.0 Å². The van der Waals surface area contributed by atoms with Crippen LogP contribution in [0.5, 0.6) is 5.75 Å². The second kappa shape index (κ2) is 11.1. The van der Waals surface area contributed by atoms with E-state index in [0.29, 0.717) is 59.6 Å². The van der Waals surface area contributed by atoms with Crippen molar-refractivity contribution < 1.29 is 18.7 Å². The van der Waals surface area contributed by atoms with Gasteiger partial charge in [-0.1, -0.05) is 54.1 Å². The van der Waals surface area contributed by atoms with Crippen molar-refractivity contribution in [1.82, 2.24) is 14.4 Å². The third kappa shape index (κ3) is 5.29. The summed E-state index contributed by atoms with van der Waals surface area (Å²) in [6.07, 6.45) is 0. The molecular formula is C30H27ClFN3O3. The van der Waals surface area contributed by atoms with Gasteiger partial charge in [-0.05, 0) is 55.0 Å². The molecule has 0 atom stereocenters. The molecule has 194 valence electrons. The lowest BCUT2D eigenvalue weighted by Gasteiger charge is -2.34. The van der Waals surface area contributed by atoms with Crippen molar-refractivity contribution in [3.05, 3.63) is 107 Å². The maximum Gasteiger partial charge on any atom is 0.260 e. The Labute approximate surface area is 225 Å². The molecule has 0 saturated carbocycles. The molecule has 8 heteroatoms. The molecule has 3 aromatic carbocycles. The van der Waals surface area contributed by atoms with Gasteiger partial charge in [0.15, 0.2) is 6.61 Å². The normalized spacial score (nSPS) is 13.4. The smallest absolute Gasteiger partial charge is 0.260 e. The number of piperazine rings is 1. The molecule has 2 amide bonds. The summed E-state index contributed by atoms with van der Waals surface area (Å²) in [7, 11) is 0. The number of ether oxygens (including phenoxy) is 1. The van der Waals surface area contributed by atoms with Crippen molar-refractivity contribution >= 4 is 23.4 Å². The minimum Gasteiger partial charge on any atom is -0.484 e. The third-order valence-corrected chi connectivity index (χ3v) is 6.99. The molecular weight excluding hydrogens is 505 g/mol. The van der Waals surface area contributed by atoms with Crippen LogP contribution in [0.2, 0.25) is 5.02 Å². The molecule has 1 aromatic heterocycles. The molecule has 38 heavy (non-hydrogen) atoms. The molecule has 2 heterocycles. The largest absolute Gasteiger partial charge is 0.484 e.